The second kappa shape index (κ2) is 5.28. The molecule has 2 heterocycles. The fourth-order valence-electron chi connectivity index (χ4n) is 1.29. The van der Waals surface area contributed by atoms with E-state index >= 15 is 0 Å². The SMILES string of the molecule is CCOc1nc(NN)nc(-n2cc(C(F)(F)F)cn2)n1. The number of nitrogens with two attached hydrogens (primary N) is 1. The summed E-state index contributed by atoms with van der Waals surface area (Å²) in [6.45, 7) is 1.98. The maximum absolute atomic E-state index is 12.5. The van der Waals surface area contributed by atoms with Crippen molar-refractivity contribution in [1.82, 2.24) is 24.7 Å². The Labute approximate surface area is 110 Å². The summed E-state index contributed by atoms with van der Waals surface area (Å²) < 4.78 is 43.4. The molecule has 0 amide bonds. The first-order valence-electron chi connectivity index (χ1n) is 5.41. The standard InChI is InChI=1S/C9H10F3N7O/c1-2-20-8-16-6(18-13)15-7(17-8)19-4-5(3-14-19)9(10,11)12/h3-4H,2,13H2,1H3,(H,15,16,17,18). The highest BCUT2D eigenvalue weighted by atomic mass is 19.4. The van der Waals surface area contributed by atoms with E-state index in [9.17, 15) is 13.2 Å². The highest BCUT2D eigenvalue weighted by molar-refractivity contribution is 5.29. The van der Waals surface area contributed by atoms with E-state index in [2.05, 4.69) is 25.5 Å². The Hall–Kier alpha value is -2.43. The molecule has 2 rings (SSSR count). The number of nitrogens with zero attached hydrogens (tertiary/aromatic N) is 5. The molecule has 0 aromatic carbocycles. The van der Waals surface area contributed by atoms with Crippen LogP contribution < -0.4 is 16.0 Å². The van der Waals surface area contributed by atoms with Gasteiger partial charge in [-0.15, -0.1) is 0 Å². The molecule has 0 unspecified atom stereocenters. The van der Waals surface area contributed by atoms with E-state index in [1.807, 2.05) is 0 Å². The van der Waals surface area contributed by atoms with Gasteiger partial charge in [0.1, 0.15) is 0 Å². The van der Waals surface area contributed by atoms with Crippen LogP contribution in [0.2, 0.25) is 0 Å². The van der Waals surface area contributed by atoms with Crippen LogP contribution >= 0.6 is 0 Å². The highest BCUT2D eigenvalue weighted by Crippen LogP contribution is 2.28. The summed E-state index contributed by atoms with van der Waals surface area (Å²) in [4.78, 5) is 11.4. The molecule has 2 aromatic rings. The first kappa shape index (κ1) is 14.0. The molecule has 20 heavy (non-hydrogen) atoms. The number of rotatable bonds is 4. The Bertz CT molecular complexity index is 597. The molecule has 0 saturated carbocycles. The maximum atomic E-state index is 12.5. The molecule has 0 aliphatic rings. The van der Waals surface area contributed by atoms with Crippen LogP contribution in [-0.2, 0) is 6.18 Å². The van der Waals surface area contributed by atoms with E-state index < -0.39 is 11.7 Å². The first-order chi connectivity index (χ1) is 9.44. The van der Waals surface area contributed by atoms with Gasteiger partial charge in [-0.1, -0.05) is 0 Å². The van der Waals surface area contributed by atoms with E-state index in [0.29, 0.717) is 6.20 Å². The van der Waals surface area contributed by atoms with Gasteiger partial charge in [0.2, 0.25) is 5.95 Å². The molecule has 0 saturated heterocycles. The summed E-state index contributed by atoms with van der Waals surface area (Å²) in [6, 6.07) is -0.0745. The van der Waals surface area contributed by atoms with E-state index in [4.69, 9.17) is 10.6 Å². The molecule has 0 atom stereocenters. The van der Waals surface area contributed by atoms with E-state index in [-0.39, 0.29) is 24.5 Å². The zero-order chi connectivity index (χ0) is 14.8. The van der Waals surface area contributed by atoms with Gasteiger partial charge in [0, 0.05) is 6.20 Å². The number of anilines is 1. The summed E-state index contributed by atoms with van der Waals surface area (Å²) in [5, 5.41) is 3.55. The minimum Gasteiger partial charge on any atom is -0.464 e. The van der Waals surface area contributed by atoms with Crippen LogP contribution in [0.15, 0.2) is 12.4 Å². The van der Waals surface area contributed by atoms with E-state index in [1.54, 1.807) is 6.92 Å². The summed E-state index contributed by atoms with van der Waals surface area (Å²) in [7, 11) is 0. The summed E-state index contributed by atoms with van der Waals surface area (Å²) in [5.41, 5.74) is 1.25. The van der Waals surface area contributed by atoms with Crippen LogP contribution in [0.4, 0.5) is 19.1 Å². The van der Waals surface area contributed by atoms with Crippen molar-refractivity contribution in [1.29, 1.82) is 0 Å². The lowest BCUT2D eigenvalue weighted by Crippen LogP contribution is -2.15. The number of aromatic nitrogens is 5. The van der Waals surface area contributed by atoms with Gasteiger partial charge in [0.05, 0.1) is 18.4 Å². The largest absolute Gasteiger partial charge is 0.464 e. The van der Waals surface area contributed by atoms with Crippen molar-refractivity contribution in [3.8, 4) is 12.0 Å². The lowest BCUT2D eigenvalue weighted by molar-refractivity contribution is -0.137. The fourth-order valence-corrected chi connectivity index (χ4v) is 1.29. The molecule has 3 N–H and O–H groups in total. The summed E-state index contributed by atoms with van der Waals surface area (Å²) in [5.74, 6) is 4.97. The van der Waals surface area contributed by atoms with E-state index in [0.717, 1.165) is 10.9 Å². The lowest BCUT2D eigenvalue weighted by atomic mass is 10.4. The first-order valence-corrected chi connectivity index (χ1v) is 5.41. The van der Waals surface area contributed by atoms with Crippen molar-refractivity contribution in [2.24, 2.45) is 5.84 Å². The Morgan fingerprint density at radius 2 is 2.10 bits per heavy atom. The van der Waals surface area contributed by atoms with E-state index in [1.165, 1.54) is 0 Å². The number of nitrogen functional groups attached to an aromatic ring is 1. The third-order valence-electron chi connectivity index (χ3n) is 2.12. The molecule has 0 aliphatic heterocycles. The maximum Gasteiger partial charge on any atom is 0.419 e. The average molecular weight is 289 g/mol. The molecule has 11 heteroatoms. The van der Waals surface area contributed by atoms with Crippen molar-refractivity contribution in [3.63, 3.8) is 0 Å². The Kier molecular flexibility index (Phi) is 3.70. The average Bonchev–Trinajstić information content (AvgIpc) is 2.88. The topological polar surface area (TPSA) is 104 Å². The number of alkyl halides is 3. The van der Waals surface area contributed by atoms with Gasteiger partial charge in [0.25, 0.3) is 5.95 Å². The van der Waals surface area contributed by atoms with Crippen LogP contribution in [-0.4, -0.2) is 31.3 Å². The lowest BCUT2D eigenvalue weighted by Gasteiger charge is -2.06. The van der Waals surface area contributed by atoms with Crippen LogP contribution in [0.1, 0.15) is 12.5 Å². The highest BCUT2D eigenvalue weighted by Gasteiger charge is 2.32. The second-order valence-corrected chi connectivity index (χ2v) is 3.49. The third-order valence-corrected chi connectivity index (χ3v) is 2.12. The monoisotopic (exact) mass is 289 g/mol. The van der Waals surface area contributed by atoms with Gasteiger partial charge < -0.3 is 4.74 Å². The van der Waals surface area contributed by atoms with Crippen molar-refractivity contribution in [2.75, 3.05) is 12.0 Å². The van der Waals surface area contributed by atoms with Gasteiger partial charge >= 0.3 is 12.2 Å². The zero-order valence-electron chi connectivity index (χ0n) is 10.2. The van der Waals surface area contributed by atoms with Crippen molar-refractivity contribution in [2.45, 2.75) is 13.1 Å². The zero-order valence-corrected chi connectivity index (χ0v) is 10.2. The predicted octanol–water partition coefficient (Wildman–Crippen LogP) is 0.760. The van der Waals surface area contributed by atoms with Crippen molar-refractivity contribution in [3.05, 3.63) is 18.0 Å². The molecule has 108 valence electrons. The van der Waals surface area contributed by atoms with Gasteiger partial charge in [-0.3, -0.25) is 5.43 Å². The van der Waals surface area contributed by atoms with Gasteiger partial charge in [-0.25, -0.2) is 10.5 Å². The van der Waals surface area contributed by atoms with Crippen molar-refractivity contribution < 1.29 is 17.9 Å². The Morgan fingerprint density at radius 3 is 2.65 bits per heavy atom. The van der Waals surface area contributed by atoms with Crippen LogP contribution in [0.25, 0.3) is 5.95 Å². The third kappa shape index (κ3) is 2.93. The summed E-state index contributed by atoms with van der Waals surface area (Å²) >= 11 is 0. The molecule has 0 bridgehead atoms. The number of ether oxygens (including phenoxy) is 1. The van der Waals surface area contributed by atoms with Crippen LogP contribution in [0.5, 0.6) is 6.01 Å². The number of hydrazine groups is 1. The quantitative estimate of drug-likeness (QED) is 0.632. The van der Waals surface area contributed by atoms with Gasteiger partial charge in [-0.2, -0.15) is 33.2 Å². The number of halogens is 3. The van der Waals surface area contributed by atoms with Crippen LogP contribution in [0.3, 0.4) is 0 Å². The summed E-state index contributed by atoms with van der Waals surface area (Å²) in [6.07, 6.45) is -3.08. The number of nitrogens with one attached hydrogen (secondary N) is 1. The molecule has 0 spiro atoms. The molecule has 8 nitrogen and oxygen atoms in total. The van der Waals surface area contributed by atoms with Gasteiger partial charge in [0.15, 0.2) is 0 Å². The normalized spacial score (nSPS) is 11.4. The minimum absolute atomic E-state index is 0.0532. The molecule has 2 aromatic heterocycles. The molecular weight excluding hydrogens is 279 g/mol. The van der Waals surface area contributed by atoms with Crippen LogP contribution in [0, 0.1) is 0 Å². The second-order valence-electron chi connectivity index (χ2n) is 3.49. The smallest absolute Gasteiger partial charge is 0.419 e. The van der Waals surface area contributed by atoms with Gasteiger partial charge in [-0.05, 0) is 6.92 Å². The molecule has 0 fully saturated rings. The molecule has 0 aliphatic carbocycles. The fraction of sp³-hybridized carbons (Fsp3) is 0.333. The molecule has 0 radical (unpaired) electrons. The number of hydrogen-bond acceptors (Lipinski definition) is 7. The number of hydrogen-bond donors (Lipinski definition) is 2. The molecular formula is C9H10F3N7O. The minimum atomic E-state index is -4.50. The Morgan fingerprint density at radius 1 is 1.35 bits per heavy atom. The predicted molar refractivity (Wildman–Crippen MR) is 60.9 cm³/mol. The Balaban J connectivity index is 2.41. The van der Waals surface area contributed by atoms with Crippen molar-refractivity contribution >= 4 is 5.95 Å².